The van der Waals surface area contributed by atoms with Crippen molar-refractivity contribution in [3.63, 3.8) is 0 Å². The van der Waals surface area contributed by atoms with E-state index in [4.69, 9.17) is 5.11 Å². The zero-order chi connectivity index (χ0) is 14.9. The first kappa shape index (κ1) is 14.0. The number of alkyl halides is 3. The van der Waals surface area contributed by atoms with Crippen LogP contribution in [0.5, 0.6) is 0 Å². The molecule has 0 amide bonds. The van der Waals surface area contributed by atoms with Crippen molar-refractivity contribution in [3.05, 3.63) is 29.3 Å². The molecule has 0 aliphatic rings. The maximum atomic E-state index is 12.9. The molecule has 10 heteroatoms. The molecule has 0 saturated heterocycles. The smallest absolute Gasteiger partial charge is 0.435 e. The number of aromatic carboxylic acids is 1. The lowest BCUT2D eigenvalue weighted by Gasteiger charge is -2.10. The fraction of sp³-hybridized carbons (Fsp3) is 0.400. The molecule has 0 fully saturated rings. The molecule has 0 radical (unpaired) electrons. The fourth-order valence-electron chi connectivity index (χ4n) is 1.76. The van der Waals surface area contributed by atoms with E-state index in [0.717, 1.165) is 0 Å². The summed E-state index contributed by atoms with van der Waals surface area (Å²) in [4.78, 5) is 10.7. The minimum atomic E-state index is -4.83. The summed E-state index contributed by atoms with van der Waals surface area (Å²) < 4.78 is 40.7. The Morgan fingerprint density at radius 2 is 2.15 bits per heavy atom. The largest absolute Gasteiger partial charge is 0.476 e. The van der Waals surface area contributed by atoms with Gasteiger partial charge < -0.3 is 5.11 Å². The van der Waals surface area contributed by atoms with Crippen molar-refractivity contribution in [2.24, 2.45) is 7.05 Å². The third-order valence-electron chi connectivity index (χ3n) is 2.71. The predicted molar refractivity (Wildman–Crippen MR) is 58.9 cm³/mol. The molecule has 2 aromatic rings. The Hall–Kier alpha value is -2.39. The number of rotatable bonds is 4. The van der Waals surface area contributed by atoms with Crippen LogP contribution in [0.1, 0.15) is 21.9 Å². The average molecular weight is 289 g/mol. The van der Waals surface area contributed by atoms with Gasteiger partial charge in [-0.25, -0.2) is 9.48 Å². The van der Waals surface area contributed by atoms with Crippen molar-refractivity contribution >= 4 is 5.97 Å². The van der Waals surface area contributed by atoms with E-state index in [9.17, 15) is 18.0 Å². The maximum Gasteiger partial charge on any atom is 0.435 e. The number of hydrogen-bond donors (Lipinski definition) is 1. The van der Waals surface area contributed by atoms with Gasteiger partial charge in [0.15, 0.2) is 5.69 Å². The zero-order valence-electron chi connectivity index (χ0n) is 10.3. The van der Waals surface area contributed by atoms with Crippen molar-refractivity contribution in [2.75, 3.05) is 0 Å². The predicted octanol–water partition coefficient (Wildman–Crippen LogP) is 0.971. The highest BCUT2D eigenvalue weighted by Crippen LogP contribution is 2.31. The van der Waals surface area contributed by atoms with Gasteiger partial charge in [-0.2, -0.15) is 18.3 Å². The average Bonchev–Trinajstić information content (AvgIpc) is 2.91. The molecule has 7 nitrogen and oxygen atoms in total. The lowest BCUT2D eigenvalue weighted by atomic mass is 10.2. The van der Waals surface area contributed by atoms with Gasteiger partial charge in [0.2, 0.25) is 5.69 Å². The molecule has 20 heavy (non-hydrogen) atoms. The number of hydrogen-bond acceptors (Lipinski definition) is 4. The van der Waals surface area contributed by atoms with Crippen LogP contribution in [-0.4, -0.2) is 35.9 Å². The van der Waals surface area contributed by atoms with Gasteiger partial charge in [-0.05, 0) is 6.07 Å². The lowest BCUT2D eigenvalue weighted by molar-refractivity contribution is -0.144. The maximum absolute atomic E-state index is 12.9. The van der Waals surface area contributed by atoms with Crippen LogP contribution in [-0.2, 0) is 26.2 Å². The van der Waals surface area contributed by atoms with Gasteiger partial charge >= 0.3 is 12.1 Å². The van der Waals surface area contributed by atoms with E-state index in [0.29, 0.717) is 10.4 Å². The Bertz CT molecular complexity index is 631. The highest BCUT2D eigenvalue weighted by molar-refractivity contribution is 5.86. The van der Waals surface area contributed by atoms with Crippen LogP contribution >= 0.6 is 0 Å². The Morgan fingerprint density at radius 3 is 2.65 bits per heavy atom. The number of carbonyl (C=O) groups is 1. The first-order valence-corrected chi connectivity index (χ1v) is 5.51. The van der Waals surface area contributed by atoms with Crippen LogP contribution in [0.3, 0.4) is 0 Å². The molecule has 2 heterocycles. The molecule has 2 aromatic heterocycles. The molecule has 0 spiro atoms. The number of halogens is 3. The van der Waals surface area contributed by atoms with E-state index < -0.39 is 23.5 Å². The van der Waals surface area contributed by atoms with Crippen molar-refractivity contribution in [2.45, 2.75) is 19.1 Å². The van der Waals surface area contributed by atoms with E-state index in [1.807, 2.05) is 0 Å². The molecular formula is C10H10F3N5O2. The Balaban J connectivity index is 2.28. The molecule has 0 unspecified atom stereocenters. The van der Waals surface area contributed by atoms with Crippen molar-refractivity contribution in [3.8, 4) is 0 Å². The number of nitrogens with zero attached hydrogens (tertiary/aromatic N) is 5. The molecule has 0 bridgehead atoms. The van der Waals surface area contributed by atoms with Crippen LogP contribution in [0.2, 0.25) is 0 Å². The molecule has 0 atom stereocenters. The van der Waals surface area contributed by atoms with Crippen LogP contribution in [0, 0.1) is 0 Å². The number of carboxylic acids is 1. The van der Waals surface area contributed by atoms with Crippen LogP contribution in [0.15, 0.2) is 12.3 Å². The van der Waals surface area contributed by atoms with Gasteiger partial charge in [0.1, 0.15) is 0 Å². The molecule has 0 aromatic carbocycles. The first-order valence-electron chi connectivity index (χ1n) is 5.51. The van der Waals surface area contributed by atoms with Gasteiger partial charge in [0.25, 0.3) is 0 Å². The fourth-order valence-corrected chi connectivity index (χ4v) is 1.76. The first-order chi connectivity index (χ1) is 9.30. The van der Waals surface area contributed by atoms with Crippen LogP contribution in [0.4, 0.5) is 13.2 Å². The highest BCUT2D eigenvalue weighted by Gasteiger charge is 2.41. The van der Waals surface area contributed by atoms with Gasteiger partial charge in [-0.1, -0.05) is 5.21 Å². The van der Waals surface area contributed by atoms with E-state index in [1.54, 1.807) is 13.1 Å². The van der Waals surface area contributed by atoms with E-state index in [-0.39, 0.29) is 13.0 Å². The third kappa shape index (κ3) is 2.63. The van der Waals surface area contributed by atoms with E-state index in [2.05, 4.69) is 15.4 Å². The highest BCUT2D eigenvalue weighted by atomic mass is 19.4. The monoisotopic (exact) mass is 289 g/mol. The number of aromatic nitrogens is 5. The summed E-state index contributed by atoms with van der Waals surface area (Å²) in [5.41, 5.74) is -1.75. The van der Waals surface area contributed by atoms with Crippen molar-refractivity contribution < 1.29 is 23.1 Å². The van der Waals surface area contributed by atoms with Gasteiger partial charge in [-0.3, -0.25) is 4.68 Å². The summed E-state index contributed by atoms with van der Waals surface area (Å²) >= 11 is 0. The van der Waals surface area contributed by atoms with Gasteiger partial charge in [0.05, 0.1) is 0 Å². The summed E-state index contributed by atoms with van der Waals surface area (Å²) in [6, 6.07) is 1.66. The third-order valence-corrected chi connectivity index (χ3v) is 2.71. The quantitative estimate of drug-likeness (QED) is 0.906. The number of aryl methyl sites for hydroxylation is 3. The molecule has 0 aliphatic carbocycles. The van der Waals surface area contributed by atoms with E-state index in [1.165, 1.54) is 10.9 Å². The molecule has 1 N–H and O–H groups in total. The Labute approximate surface area is 110 Å². The lowest BCUT2D eigenvalue weighted by Crippen LogP contribution is -2.19. The van der Waals surface area contributed by atoms with E-state index >= 15 is 0 Å². The molecule has 2 rings (SSSR count). The summed E-state index contributed by atoms with van der Waals surface area (Å²) in [6.45, 7) is -0.144. The summed E-state index contributed by atoms with van der Waals surface area (Å²) in [6.07, 6.45) is -3.09. The summed E-state index contributed by atoms with van der Waals surface area (Å²) in [5, 5.41) is 18.9. The van der Waals surface area contributed by atoms with Crippen LogP contribution in [0.25, 0.3) is 0 Å². The van der Waals surface area contributed by atoms with Gasteiger partial charge in [-0.15, -0.1) is 5.10 Å². The topological polar surface area (TPSA) is 85.8 Å². The minimum absolute atomic E-state index is 0.144. The molecule has 108 valence electrons. The standard InChI is InChI=1S/C10H10F3N5O2/c1-17-6(2-4-14-17)3-5-18-8(10(11,12)13)7(9(19)20)15-16-18/h2,4H,3,5H2,1H3,(H,19,20). The zero-order valence-corrected chi connectivity index (χ0v) is 10.3. The van der Waals surface area contributed by atoms with Gasteiger partial charge in [0, 0.05) is 31.9 Å². The summed E-state index contributed by atoms with van der Waals surface area (Å²) in [7, 11) is 1.66. The normalized spacial score (nSPS) is 11.8. The summed E-state index contributed by atoms with van der Waals surface area (Å²) in [5.74, 6) is -1.76. The molecule has 0 saturated carbocycles. The Morgan fingerprint density at radius 1 is 1.45 bits per heavy atom. The van der Waals surface area contributed by atoms with Crippen molar-refractivity contribution in [1.29, 1.82) is 0 Å². The SMILES string of the molecule is Cn1nccc1CCn1nnc(C(=O)O)c1C(F)(F)F. The second-order valence-corrected chi connectivity index (χ2v) is 4.01. The molecular weight excluding hydrogens is 279 g/mol. The second-order valence-electron chi connectivity index (χ2n) is 4.01. The second kappa shape index (κ2) is 4.94. The Kier molecular flexibility index (Phi) is 3.47. The molecule has 0 aliphatic heterocycles. The van der Waals surface area contributed by atoms with Crippen LogP contribution < -0.4 is 0 Å². The van der Waals surface area contributed by atoms with Crippen molar-refractivity contribution in [1.82, 2.24) is 24.8 Å². The number of carboxylic acid groups (broad SMARTS) is 1. The minimum Gasteiger partial charge on any atom is -0.476 e.